The van der Waals surface area contributed by atoms with E-state index >= 15 is 0 Å². The fraction of sp³-hybridized carbons (Fsp3) is 0.625. The van der Waals surface area contributed by atoms with E-state index in [1.807, 2.05) is 12.1 Å². The van der Waals surface area contributed by atoms with Crippen molar-refractivity contribution in [3.63, 3.8) is 0 Å². The zero-order valence-corrected chi connectivity index (χ0v) is 13.4. The summed E-state index contributed by atoms with van der Waals surface area (Å²) < 4.78 is 5.62. The van der Waals surface area contributed by atoms with E-state index in [9.17, 15) is 0 Å². The third kappa shape index (κ3) is 4.11. The van der Waals surface area contributed by atoms with Gasteiger partial charge in [0.1, 0.15) is 0 Å². The van der Waals surface area contributed by atoms with Gasteiger partial charge < -0.3 is 15.0 Å². The Balaban J connectivity index is 2.12. The Morgan fingerprint density at radius 3 is 2.95 bits per heavy atom. The number of nitrogens with zero attached hydrogens (tertiary/aromatic N) is 1. The molecular weight excluding hydrogens is 272 g/mol. The van der Waals surface area contributed by atoms with Crippen molar-refractivity contribution in [1.29, 1.82) is 0 Å². The molecule has 1 aliphatic heterocycles. The van der Waals surface area contributed by atoms with Crippen LogP contribution in [0.5, 0.6) is 0 Å². The van der Waals surface area contributed by atoms with Crippen LogP contribution in [0, 0.1) is 5.92 Å². The van der Waals surface area contributed by atoms with Crippen LogP contribution in [0.25, 0.3) is 0 Å². The van der Waals surface area contributed by atoms with Crippen LogP contribution in [0.3, 0.4) is 0 Å². The van der Waals surface area contributed by atoms with Gasteiger partial charge in [0.15, 0.2) is 0 Å². The van der Waals surface area contributed by atoms with E-state index < -0.39 is 0 Å². The van der Waals surface area contributed by atoms with Crippen LogP contribution in [-0.4, -0.2) is 32.3 Å². The molecule has 3 nitrogen and oxygen atoms in total. The van der Waals surface area contributed by atoms with Crippen LogP contribution in [0.1, 0.15) is 26.3 Å². The summed E-state index contributed by atoms with van der Waals surface area (Å²) in [5, 5.41) is 4.34. The third-order valence-corrected chi connectivity index (χ3v) is 3.88. The Hall–Kier alpha value is -0.770. The fourth-order valence-corrected chi connectivity index (χ4v) is 2.78. The molecule has 1 atom stereocenters. The van der Waals surface area contributed by atoms with Gasteiger partial charge in [-0.1, -0.05) is 31.5 Å². The smallest absolute Gasteiger partial charge is 0.0722 e. The predicted molar refractivity (Wildman–Crippen MR) is 85.6 cm³/mol. The standard InChI is InChI=1S/C16H25ClN2O/c1-12(2)9-18-10-14-15(17)5-4-6-16(14)19-7-8-20-13(3)11-19/h4-6,12-13,18H,7-11H2,1-3H3. The Labute approximate surface area is 127 Å². The Morgan fingerprint density at radius 1 is 1.45 bits per heavy atom. The molecule has 0 amide bonds. The van der Waals surface area contributed by atoms with E-state index in [0.717, 1.165) is 37.8 Å². The molecule has 112 valence electrons. The molecule has 1 aromatic carbocycles. The van der Waals surface area contributed by atoms with E-state index in [4.69, 9.17) is 16.3 Å². The molecule has 4 heteroatoms. The van der Waals surface area contributed by atoms with Gasteiger partial charge in [0.05, 0.1) is 12.7 Å². The molecule has 20 heavy (non-hydrogen) atoms. The summed E-state index contributed by atoms with van der Waals surface area (Å²) >= 11 is 6.40. The average Bonchev–Trinajstić information content (AvgIpc) is 2.40. The van der Waals surface area contributed by atoms with Gasteiger partial charge in [-0.25, -0.2) is 0 Å². The minimum absolute atomic E-state index is 0.277. The Morgan fingerprint density at radius 2 is 2.25 bits per heavy atom. The predicted octanol–water partition coefficient (Wildman–Crippen LogP) is 3.31. The Bertz CT molecular complexity index is 436. The van der Waals surface area contributed by atoms with Gasteiger partial charge in [-0.05, 0) is 31.5 Å². The van der Waals surface area contributed by atoms with Crippen molar-refractivity contribution in [3.8, 4) is 0 Å². The maximum absolute atomic E-state index is 6.40. The fourth-order valence-electron chi connectivity index (χ4n) is 2.54. The first-order valence-corrected chi connectivity index (χ1v) is 7.80. The lowest BCUT2D eigenvalue weighted by Gasteiger charge is -2.34. The molecule has 1 fully saturated rings. The van der Waals surface area contributed by atoms with E-state index in [2.05, 4.69) is 37.1 Å². The van der Waals surface area contributed by atoms with Gasteiger partial charge >= 0.3 is 0 Å². The lowest BCUT2D eigenvalue weighted by atomic mass is 10.1. The molecule has 0 spiro atoms. The molecule has 1 unspecified atom stereocenters. The monoisotopic (exact) mass is 296 g/mol. The minimum Gasteiger partial charge on any atom is -0.375 e. The molecular formula is C16H25ClN2O. The normalized spacial score (nSPS) is 19.6. The zero-order chi connectivity index (χ0) is 14.5. The molecule has 1 N–H and O–H groups in total. The van der Waals surface area contributed by atoms with Crippen molar-refractivity contribution < 1.29 is 4.74 Å². The summed E-state index contributed by atoms with van der Waals surface area (Å²) in [7, 11) is 0. The maximum atomic E-state index is 6.40. The molecule has 0 aromatic heterocycles. The van der Waals surface area contributed by atoms with Crippen molar-refractivity contribution in [3.05, 3.63) is 28.8 Å². The molecule has 0 radical (unpaired) electrons. The zero-order valence-electron chi connectivity index (χ0n) is 12.7. The summed E-state index contributed by atoms with van der Waals surface area (Å²) in [5.41, 5.74) is 2.44. The summed E-state index contributed by atoms with van der Waals surface area (Å²) in [6.45, 7) is 11.0. The van der Waals surface area contributed by atoms with Crippen molar-refractivity contribution in [2.24, 2.45) is 5.92 Å². The lowest BCUT2D eigenvalue weighted by molar-refractivity contribution is 0.0531. The summed E-state index contributed by atoms with van der Waals surface area (Å²) in [6, 6.07) is 6.17. The molecule has 0 saturated carbocycles. The first-order valence-electron chi connectivity index (χ1n) is 7.42. The lowest BCUT2D eigenvalue weighted by Crippen LogP contribution is -2.41. The second kappa shape index (κ2) is 7.30. The van der Waals surface area contributed by atoms with Crippen molar-refractivity contribution >= 4 is 17.3 Å². The van der Waals surface area contributed by atoms with Gasteiger partial charge in [0, 0.05) is 35.9 Å². The van der Waals surface area contributed by atoms with Crippen LogP contribution < -0.4 is 10.2 Å². The van der Waals surface area contributed by atoms with Gasteiger partial charge in [0.2, 0.25) is 0 Å². The quantitative estimate of drug-likeness (QED) is 0.902. The summed E-state index contributed by atoms with van der Waals surface area (Å²) in [5.74, 6) is 0.643. The van der Waals surface area contributed by atoms with Crippen molar-refractivity contribution in [2.45, 2.75) is 33.4 Å². The number of hydrogen-bond acceptors (Lipinski definition) is 3. The summed E-state index contributed by atoms with van der Waals surface area (Å²) in [6.07, 6.45) is 0.277. The van der Waals surface area contributed by atoms with Crippen LogP contribution >= 0.6 is 11.6 Å². The molecule has 1 saturated heterocycles. The molecule has 1 aromatic rings. The van der Waals surface area contributed by atoms with Gasteiger partial charge in [-0.15, -0.1) is 0 Å². The minimum atomic E-state index is 0.277. The molecule has 2 rings (SSSR count). The van der Waals surface area contributed by atoms with E-state index in [1.165, 1.54) is 11.3 Å². The number of ether oxygens (including phenoxy) is 1. The Kier molecular flexibility index (Phi) is 5.70. The number of hydrogen-bond donors (Lipinski definition) is 1. The number of benzene rings is 1. The van der Waals surface area contributed by atoms with Gasteiger partial charge in [-0.2, -0.15) is 0 Å². The number of anilines is 1. The van der Waals surface area contributed by atoms with Gasteiger partial charge in [0.25, 0.3) is 0 Å². The number of rotatable bonds is 5. The highest BCUT2D eigenvalue weighted by molar-refractivity contribution is 6.31. The van der Waals surface area contributed by atoms with Crippen LogP contribution in [0.15, 0.2) is 18.2 Å². The topological polar surface area (TPSA) is 24.5 Å². The van der Waals surface area contributed by atoms with Crippen LogP contribution in [0.4, 0.5) is 5.69 Å². The molecule has 1 heterocycles. The number of morpholine rings is 1. The van der Waals surface area contributed by atoms with Crippen LogP contribution in [0.2, 0.25) is 5.02 Å². The second-order valence-electron chi connectivity index (χ2n) is 5.89. The maximum Gasteiger partial charge on any atom is 0.0722 e. The van der Waals surface area contributed by atoms with Crippen LogP contribution in [-0.2, 0) is 11.3 Å². The molecule has 0 aliphatic carbocycles. The molecule has 1 aliphatic rings. The number of nitrogens with one attached hydrogen (secondary N) is 1. The number of halogens is 1. The second-order valence-corrected chi connectivity index (χ2v) is 6.30. The van der Waals surface area contributed by atoms with Crippen molar-refractivity contribution in [1.82, 2.24) is 5.32 Å². The van der Waals surface area contributed by atoms with Gasteiger partial charge in [-0.3, -0.25) is 0 Å². The van der Waals surface area contributed by atoms with E-state index in [-0.39, 0.29) is 6.10 Å². The SMILES string of the molecule is CC(C)CNCc1c(Cl)cccc1N1CCOC(C)C1. The first-order chi connectivity index (χ1) is 9.58. The van der Waals surface area contributed by atoms with E-state index in [0.29, 0.717) is 5.92 Å². The van der Waals surface area contributed by atoms with Crippen molar-refractivity contribution in [2.75, 3.05) is 31.1 Å². The average molecular weight is 297 g/mol. The highest BCUT2D eigenvalue weighted by atomic mass is 35.5. The molecule has 0 bridgehead atoms. The summed E-state index contributed by atoms with van der Waals surface area (Å²) in [4.78, 5) is 2.38. The van der Waals surface area contributed by atoms with E-state index in [1.54, 1.807) is 0 Å². The highest BCUT2D eigenvalue weighted by Crippen LogP contribution is 2.28. The highest BCUT2D eigenvalue weighted by Gasteiger charge is 2.20. The largest absolute Gasteiger partial charge is 0.375 e. The first kappa shape index (κ1) is 15.6. The third-order valence-electron chi connectivity index (χ3n) is 3.53.